The van der Waals surface area contributed by atoms with Gasteiger partial charge in [-0.3, -0.25) is 4.79 Å². The molecule has 0 heterocycles. The van der Waals surface area contributed by atoms with Gasteiger partial charge in [-0.25, -0.2) is 4.79 Å². The lowest BCUT2D eigenvalue weighted by Gasteiger charge is -2.12. The van der Waals surface area contributed by atoms with Crippen LogP contribution in [0, 0.1) is 0 Å². The van der Waals surface area contributed by atoms with Crippen LogP contribution in [0.15, 0.2) is 46.9 Å². The fraction of sp³-hybridized carbons (Fsp3) is 0.263. The van der Waals surface area contributed by atoms with E-state index in [9.17, 15) is 9.59 Å². The highest BCUT2D eigenvalue weighted by Crippen LogP contribution is 2.28. The lowest BCUT2D eigenvalue weighted by molar-refractivity contribution is -0.118. The first-order valence-corrected chi connectivity index (χ1v) is 8.60. The maximum atomic E-state index is 12.1. The van der Waals surface area contributed by atoms with E-state index < -0.39 is 5.97 Å². The summed E-state index contributed by atoms with van der Waals surface area (Å²) >= 11 is 3.46. The van der Waals surface area contributed by atoms with E-state index in [1.54, 1.807) is 24.3 Å². The van der Waals surface area contributed by atoms with Gasteiger partial charge in [0.15, 0.2) is 6.61 Å². The van der Waals surface area contributed by atoms with Crippen LogP contribution in [0.3, 0.4) is 0 Å². The van der Waals surface area contributed by atoms with Gasteiger partial charge in [-0.1, -0.05) is 26.0 Å². The minimum absolute atomic E-state index is 0.137. The van der Waals surface area contributed by atoms with Crippen molar-refractivity contribution in [1.29, 1.82) is 0 Å². The molecule has 5 nitrogen and oxygen atoms in total. The standard InChI is InChI=1S/C19H20BrNO4/c1-12(2)13-7-8-17(16(20)10-13)25-11-18(22)21-15-6-4-5-14(9-15)19(23)24-3/h4-10,12H,11H2,1-3H3,(H,21,22). The van der Waals surface area contributed by atoms with Crippen molar-refractivity contribution in [3.63, 3.8) is 0 Å². The van der Waals surface area contributed by atoms with Gasteiger partial charge < -0.3 is 14.8 Å². The first kappa shape index (κ1) is 19.0. The minimum atomic E-state index is -0.457. The number of carbonyl (C=O) groups is 2. The Morgan fingerprint density at radius 2 is 1.92 bits per heavy atom. The van der Waals surface area contributed by atoms with E-state index >= 15 is 0 Å². The van der Waals surface area contributed by atoms with Crippen molar-refractivity contribution in [3.05, 3.63) is 58.1 Å². The molecule has 2 aromatic rings. The third-order valence-electron chi connectivity index (χ3n) is 3.55. The van der Waals surface area contributed by atoms with E-state index in [0.29, 0.717) is 22.9 Å². The van der Waals surface area contributed by atoms with E-state index in [1.807, 2.05) is 18.2 Å². The molecule has 0 atom stereocenters. The maximum absolute atomic E-state index is 12.1. The van der Waals surface area contributed by atoms with Gasteiger partial charge in [0.2, 0.25) is 0 Å². The number of ether oxygens (including phenoxy) is 2. The van der Waals surface area contributed by atoms with E-state index in [-0.39, 0.29) is 12.5 Å². The quantitative estimate of drug-likeness (QED) is 0.724. The van der Waals surface area contributed by atoms with E-state index in [0.717, 1.165) is 4.47 Å². The first-order chi connectivity index (χ1) is 11.9. The second kappa shape index (κ2) is 8.67. The molecule has 1 amide bonds. The van der Waals surface area contributed by atoms with Crippen LogP contribution in [0.2, 0.25) is 0 Å². The Hall–Kier alpha value is -2.34. The topological polar surface area (TPSA) is 64.6 Å². The molecule has 0 unspecified atom stereocenters. The normalized spacial score (nSPS) is 10.4. The molecule has 6 heteroatoms. The van der Waals surface area contributed by atoms with Gasteiger partial charge in [-0.15, -0.1) is 0 Å². The van der Waals surface area contributed by atoms with Crippen LogP contribution in [0.4, 0.5) is 5.69 Å². The summed E-state index contributed by atoms with van der Waals surface area (Å²) in [5.41, 5.74) is 2.06. The Bertz CT molecular complexity index is 774. The number of carbonyl (C=O) groups excluding carboxylic acids is 2. The largest absolute Gasteiger partial charge is 0.483 e. The number of halogens is 1. The molecule has 0 spiro atoms. The Morgan fingerprint density at radius 3 is 2.56 bits per heavy atom. The predicted molar refractivity (Wildman–Crippen MR) is 100 cm³/mol. The maximum Gasteiger partial charge on any atom is 0.337 e. The number of nitrogens with one attached hydrogen (secondary N) is 1. The van der Waals surface area contributed by atoms with Crippen LogP contribution < -0.4 is 10.1 Å². The van der Waals surface area contributed by atoms with Gasteiger partial charge >= 0.3 is 5.97 Å². The predicted octanol–water partition coefficient (Wildman–Crippen LogP) is 4.38. The molecule has 2 aromatic carbocycles. The monoisotopic (exact) mass is 405 g/mol. The van der Waals surface area contributed by atoms with Crippen LogP contribution >= 0.6 is 15.9 Å². The zero-order valence-corrected chi connectivity index (χ0v) is 15.9. The highest BCUT2D eigenvalue weighted by atomic mass is 79.9. The molecule has 0 radical (unpaired) electrons. The van der Waals surface area contributed by atoms with Gasteiger partial charge in [-0.2, -0.15) is 0 Å². The van der Waals surface area contributed by atoms with Gasteiger partial charge in [-0.05, 0) is 57.7 Å². The Kier molecular flexibility index (Phi) is 6.58. The number of amides is 1. The van der Waals surface area contributed by atoms with Crippen molar-refractivity contribution in [1.82, 2.24) is 0 Å². The fourth-order valence-corrected chi connectivity index (χ4v) is 2.69. The Balaban J connectivity index is 1.96. The Labute approximate surface area is 155 Å². The molecular weight excluding hydrogens is 386 g/mol. The molecule has 0 aliphatic rings. The number of esters is 1. The molecule has 0 aliphatic carbocycles. The highest BCUT2D eigenvalue weighted by molar-refractivity contribution is 9.10. The van der Waals surface area contributed by atoms with Crippen molar-refractivity contribution < 1.29 is 19.1 Å². The van der Waals surface area contributed by atoms with E-state index in [2.05, 4.69) is 39.8 Å². The summed E-state index contributed by atoms with van der Waals surface area (Å²) in [5.74, 6) is 0.238. The van der Waals surface area contributed by atoms with Gasteiger partial charge in [0, 0.05) is 5.69 Å². The SMILES string of the molecule is COC(=O)c1cccc(NC(=O)COc2ccc(C(C)C)cc2Br)c1. The smallest absolute Gasteiger partial charge is 0.337 e. The summed E-state index contributed by atoms with van der Waals surface area (Å²) in [5, 5.41) is 2.69. The van der Waals surface area contributed by atoms with Crippen LogP contribution in [0.1, 0.15) is 35.7 Å². The average molecular weight is 406 g/mol. The molecule has 0 fully saturated rings. The number of anilines is 1. The molecule has 0 aromatic heterocycles. The van der Waals surface area contributed by atoms with E-state index in [4.69, 9.17) is 4.74 Å². The summed E-state index contributed by atoms with van der Waals surface area (Å²) in [6, 6.07) is 12.3. The number of hydrogen-bond acceptors (Lipinski definition) is 4. The van der Waals surface area contributed by atoms with Crippen molar-refractivity contribution in [2.45, 2.75) is 19.8 Å². The molecule has 0 saturated heterocycles. The minimum Gasteiger partial charge on any atom is -0.483 e. The molecule has 25 heavy (non-hydrogen) atoms. The number of hydrogen-bond donors (Lipinski definition) is 1. The molecule has 0 saturated carbocycles. The molecule has 1 N–H and O–H groups in total. The van der Waals surface area contributed by atoms with Crippen molar-refractivity contribution >= 4 is 33.5 Å². The summed E-state index contributed by atoms with van der Waals surface area (Å²) in [7, 11) is 1.31. The lowest BCUT2D eigenvalue weighted by atomic mass is 10.0. The summed E-state index contributed by atoms with van der Waals surface area (Å²) in [4.78, 5) is 23.6. The number of rotatable bonds is 6. The lowest BCUT2D eigenvalue weighted by Crippen LogP contribution is -2.20. The van der Waals surface area contributed by atoms with Crippen LogP contribution in [0.5, 0.6) is 5.75 Å². The van der Waals surface area contributed by atoms with Crippen molar-refractivity contribution in [2.24, 2.45) is 0 Å². The van der Waals surface area contributed by atoms with Gasteiger partial charge in [0.05, 0.1) is 17.1 Å². The second-order valence-corrected chi connectivity index (χ2v) is 6.61. The summed E-state index contributed by atoms with van der Waals surface area (Å²) < 4.78 is 11.0. The second-order valence-electron chi connectivity index (χ2n) is 5.75. The molecule has 0 aliphatic heterocycles. The van der Waals surface area contributed by atoms with Crippen LogP contribution in [0.25, 0.3) is 0 Å². The molecule has 2 rings (SSSR count). The third-order valence-corrected chi connectivity index (χ3v) is 4.17. The molecule has 132 valence electrons. The zero-order valence-electron chi connectivity index (χ0n) is 14.3. The zero-order chi connectivity index (χ0) is 18.4. The van der Waals surface area contributed by atoms with Crippen molar-refractivity contribution in [3.8, 4) is 5.75 Å². The van der Waals surface area contributed by atoms with Crippen LogP contribution in [-0.2, 0) is 9.53 Å². The van der Waals surface area contributed by atoms with Gasteiger partial charge in [0.25, 0.3) is 5.91 Å². The third kappa shape index (κ3) is 5.32. The van der Waals surface area contributed by atoms with Crippen LogP contribution in [-0.4, -0.2) is 25.6 Å². The first-order valence-electron chi connectivity index (χ1n) is 7.81. The highest BCUT2D eigenvalue weighted by Gasteiger charge is 2.10. The van der Waals surface area contributed by atoms with Crippen molar-refractivity contribution in [2.75, 3.05) is 19.0 Å². The fourth-order valence-electron chi connectivity index (χ4n) is 2.18. The van der Waals surface area contributed by atoms with Gasteiger partial charge in [0.1, 0.15) is 5.75 Å². The molecule has 0 bridgehead atoms. The number of benzene rings is 2. The Morgan fingerprint density at radius 1 is 1.16 bits per heavy atom. The average Bonchev–Trinajstić information content (AvgIpc) is 2.60. The number of methoxy groups -OCH3 is 1. The summed E-state index contributed by atoms with van der Waals surface area (Å²) in [6.07, 6.45) is 0. The van der Waals surface area contributed by atoms with E-state index in [1.165, 1.54) is 12.7 Å². The molecular formula is C19H20BrNO4. The summed E-state index contributed by atoms with van der Waals surface area (Å²) in [6.45, 7) is 4.08.